The zero-order valence-corrected chi connectivity index (χ0v) is 25.1. The summed E-state index contributed by atoms with van der Waals surface area (Å²) in [5.74, 6) is 0.932. The number of fused-ring (bicyclic) bond motifs is 2. The van der Waals surface area contributed by atoms with Gasteiger partial charge in [-0.1, -0.05) is 64.1 Å². The van der Waals surface area contributed by atoms with Crippen LogP contribution in [0.2, 0.25) is 0 Å². The Bertz CT molecular complexity index is 1050. The van der Waals surface area contributed by atoms with Gasteiger partial charge in [0.1, 0.15) is 0 Å². The Morgan fingerprint density at radius 1 is 0.656 bits per heavy atom. The Morgan fingerprint density at radius 2 is 1.00 bits per heavy atom. The normalized spacial score (nSPS) is 24.8. The summed E-state index contributed by atoms with van der Waals surface area (Å²) in [6.45, 7) is 18.0. The van der Waals surface area contributed by atoms with Crippen molar-refractivity contribution in [3.05, 3.63) is 80.9 Å². The molecule has 0 saturated heterocycles. The van der Waals surface area contributed by atoms with Crippen molar-refractivity contribution in [3.63, 3.8) is 0 Å². The molecular formula is C28H34Cl2SiTi. The molecule has 2 aliphatic carbocycles. The predicted octanol–water partition coefficient (Wildman–Crippen LogP) is 8.20. The molecule has 4 heteroatoms. The number of hydrogen-bond acceptors (Lipinski definition) is 0. The van der Waals surface area contributed by atoms with E-state index in [9.17, 15) is 0 Å². The first-order valence-corrected chi connectivity index (χ1v) is 13.6. The number of benzene rings is 2. The monoisotopic (exact) mass is 516 g/mol. The predicted molar refractivity (Wildman–Crippen MR) is 141 cm³/mol. The van der Waals surface area contributed by atoms with Gasteiger partial charge in [-0.3, -0.25) is 0 Å². The molecule has 32 heavy (non-hydrogen) atoms. The minimum absolute atomic E-state index is 0. The average molecular weight is 517 g/mol. The van der Waals surface area contributed by atoms with Crippen LogP contribution in [-0.4, -0.2) is 9.52 Å². The molecule has 4 rings (SSSR count). The molecule has 2 atom stereocenters. The van der Waals surface area contributed by atoms with Gasteiger partial charge in [0.25, 0.3) is 0 Å². The first-order valence-electron chi connectivity index (χ1n) is 11.5. The summed E-state index contributed by atoms with van der Waals surface area (Å²) in [5, 5.41) is 0. The number of halogens is 2. The van der Waals surface area contributed by atoms with Gasteiger partial charge in [0.05, 0.1) is 18.5 Å². The molecule has 2 aromatic rings. The van der Waals surface area contributed by atoms with Crippen molar-refractivity contribution in [3.8, 4) is 0 Å². The van der Waals surface area contributed by atoms with Crippen LogP contribution in [0.3, 0.4) is 0 Å². The number of hydrogen-bond donors (Lipinski definition) is 0. The van der Waals surface area contributed by atoms with Crippen LogP contribution in [0.15, 0.2) is 47.5 Å². The zero-order chi connectivity index (χ0) is 22.9. The van der Waals surface area contributed by atoms with E-state index in [2.05, 4.69) is 91.8 Å². The minimum Gasteiger partial charge on any atom is -0.114 e. The quantitative estimate of drug-likeness (QED) is 0.283. The maximum Gasteiger partial charge on any atom is 0.0923 e. The molecule has 168 valence electrons. The van der Waals surface area contributed by atoms with Crippen LogP contribution in [0.4, 0.5) is 0 Å². The number of rotatable bonds is 4. The van der Waals surface area contributed by atoms with E-state index >= 15 is 0 Å². The topological polar surface area (TPSA) is 0 Å². The summed E-state index contributed by atoms with van der Waals surface area (Å²) in [6.07, 6.45) is 0. The van der Waals surface area contributed by atoms with E-state index in [0.717, 1.165) is 0 Å². The summed E-state index contributed by atoms with van der Waals surface area (Å²) in [4.78, 5) is 0. The molecule has 0 spiro atoms. The third-order valence-electron chi connectivity index (χ3n) is 7.84. The van der Waals surface area contributed by atoms with Crippen molar-refractivity contribution in [2.24, 2.45) is 0 Å². The molecule has 0 heterocycles. The van der Waals surface area contributed by atoms with Crippen molar-refractivity contribution in [2.75, 3.05) is 0 Å². The molecule has 0 aliphatic heterocycles. The van der Waals surface area contributed by atoms with Crippen LogP contribution in [0.25, 0.3) is 11.1 Å². The third-order valence-corrected chi connectivity index (χ3v) is 12.4. The molecule has 0 fully saturated rings. The maximum atomic E-state index is 7.67. The fourth-order valence-electron chi connectivity index (χ4n) is 5.76. The maximum absolute atomic E-state index is 7.67. The van der Waals surface area contributed by atoms with E-state index in [4.69, 9.17) is 23.2 Å². The van der Waals surface area contributed by atoms with Crippen molar-refractivity contribution in [1.82, 2.24) is 0 Å². The van der Waals surface area contributed by atoms with E-state index in [0.29, 0.717) is 11.8 Å². The van der Waals surface area contributed by atoms with Gasteiger partial charge in [0, 0.05) is 21.7 Å². The molecule has 0 amide bonds. The van der Waals surface area contributed by atoms with Crippen LogP contribution < -0.4 is 0 Å². The van der Waals surface area contributed by atoms with Crippen LogP contribution in [-0.2, 0) is 30.7 Å². The van der Waals surface area contributed by atoms with E-state index in [1.54, 1.807) is 0 Å². The first-order chi connectivity index (χ1) is 14.4. The van der Waals surface area contributed by atoms with Crippen molar-refractivity contribution < 1.29 is 21.7 Å². The van der Waals surface area contributed by atoms with Crippen molar-refractivity contribution in [2.45, 2.75) is 76.2 Å². The molecule has 0 radical (unpaired) electrons. The standard InChI is InChI=1S/C28H34Cl2Si.Ti/c1-15(2)21-11-9-13-23-25(21)17(5)19(7)27(23,29)31-28(30)20(8)18(6)26-22(16(3)4)12-10-14-24(26)28;/h9-16H,31H2,1-8H3;. The second kappa shape index (κ2) is 8.90. The fraction of sp³-hybridized carbons (Fsp3) is 0.429. The SMILES string of the molecule is CC1=C(C)C(Cl)([SiH2]C2(Cl)C(C)=C(C)c3c(C(C)C)cccc32)c2cccc(C(C)C)c21.[Ti]. The molecule has 0 bridgehead atoms. The summed E-state index contributed by atoms with van der Waals surface area (Å²) in [6, 6.07) is 13.4. The Labute approximate surface area is 221 Å². The van der Waals surface area contributed by atoms with E-state index in [1.807, 2.05) is 0 Å². The van der Waals surface area contributed by atoms with Gasteiger partial charge >= 0.3 is 0 Å². The van der Waals surface area contributed by atoms with Gasteiger partial charge in [-0.25, -0.2) is 0 Å². The molecule has 0 aromatic heterocycles. The van der Waals surface area contributed by atoms with Crippen LogP contribution in [0, 0.1) is 0 Å². The summed E-state index contributed by atoms with van der Waals surface area (Å²) < 4.78 is -0.938. The largest absolute Gasteiger partial charge is 0.114 e. The third kappa shape index (κ3) is 3.59. The molecule has 2 aromatic carbocycles. The van der Waals surface area contributed by atoms with Gasteiger partial charge in [-0.05, 0) is 95.2 Å². The second-order valence-corrected chi connectivity index (χ2v) is 14.8. The molecule has 0 saturated carbocycles. The Balaban J connectivity index is 0.00000289. The fourth-order valence-corrected chi connectivity index (χ4v) is 10.5. The molecular weight excluding hydrogens is 483 g/mol. The average Bonchev–Trinajstić information content (AvgIpc) is 3.04. The van der Waals surface area contributed by atoms with Crippen LogP contribution in [0.5, 0.6) is 0 Å². The number of allylic oxidation sites excluding steroid dienone is 4. The Morgan fingerprint density at radius 3 is 1.31 bits per heavy atom. The van der Waals surface area contributed by atoms with Gasteiger partial charge in [-0.15, -0.1) is 23.2 Å². The summed E-state index contributed by atoms with van der Waals surface area (Å²) in [5.41, 5.74) is 13.4. The Hall–Kier alpha value is -0.569. The molecule has 2 aliphatic rings. The van der Waals surface area contributed by atoms with Crippen LogP contribution in [0.1, 0.15) is 101 Å². The van der Waals surface area contributed by atoms with Crippen LogP contribution >= 0.6 is 23.2 Å². The Kier molecular flexibility index (Phi) is 7.24. The van der Waals surface area contributed by atoms with Gasteiger partial charge in [0.15, 0.2) is 0 Å². The van der Waals surface area contributed by atoms with Gasteiger partial charge < -0.3 is 0 Å². The van der Waals surface area contributed by atoms with E-state index < -0.39 is 18.5 Å². The van der Waals surface area contributed by atoms with Crippen molar-refractivity contribution >= 4 is 43.9 Å². The molecule has 2 unspecified atom stereocenters. The summed E-state index contributed by atoms with van der Waals surface area (Å²) in [7, 11) is -1.07. The van der Waals surface area contributed by atoms with Crippen molar-refractivity contribution in [1.29, 1.82) is 0 Å². The molecule has 0 N–H and O–H groups in total. The van der Waals surface area contributed by atoms with Gasteiger partial charge in [-0.2, -0.15) is 0 Å². The van der Waals surface area contributed by atoms with E-state index in [1.165, 1.54) is 55.7 Å². The smallest absolute Gasteiger partial charge is 0.0923 e. The zero-order valence-electron chi connectivity index (χ0n) is 20.6. The second-order valence-electron chi connectivity index (χ2n) is 10.1. The van der Waals surface area contributed by atoms with Gasteiger partial charge in [0.2, 0.25) is 0 Å². The first kappa shape index (κ1) is 26.0. The minimum atomic E-state index is -1.07. The molecule has 0 nitrogen and oxygen atoms in total. The number of alkyl halides is 2. The van der Waals surface area contributed by atoms with E-state index in [-0.39, 0.29) is 21.7 Å². The summed E-state index contributed by atoms with van der Waals surface area (Å²) >= 11 is 15.3.